The zero-order valence-electron chi connectivity index (χ0n) is 38.1. The Hall–Kier alpha value is -7.10. The Labute approximate surface area is 408 Å². The number of amides is 4. The lowest BCUT2D eigenvalue weighted by atomic mass is 9.85. The van der Waals surface area contributed by atoms with Crippen molar-refractivity contribution in [3.8, 4) is 11.1 Å². The second kappa shape index (κ2) is 16.2. The summed E-state index contributed by atoms with van der Waals surface area (Å²) in [5.74, 6) is -1.49. The number of nitrogens with zero attached hydrogens (tertiary/aromatic N) is 2. The summed E-state index contributed by atoms with van der Waals surface area (Å²) >= 11 is 0. The van der Waals surface area contributed by atoms with Crippen molar-refractivity contribution < 1.29 is 19.2 Å². The molecule has 6 nitrogen and oxygen atoms in total. The van der Waals surface area contributed by atoms with Gasteiger partial charge in [-0.3, -0.25) is 19.2 Å². The summed E-state index contributed by atoms with van der Waals surface area (Å²) in [6.45, 7) is 0. The van der Waals surface area contributed by atoms with Crippen LogP contribution in [0.25, 0.3) is 32.7 Å². The average Bonchev–Trinajstić information content (AvgIpc) is 4.28. The molecule has 4 aliphatic carbocycles. The van der Waals surface area contributed by atoms with E-state index in [1.54, 1.807) is 0 Å². The molecule has 6 aliphatic rings. The highest BCUT2D eigenvalue weighted by molar-refractivity contribution is 7.80. The van der Waals surface area contributed by atoms with Gasteiger partial charge in [-0.15, -0.1) is 0 Å². The number of rotatable bonds is 9. The molecular formula is C62H46N2O4P2. The predicted molar refractivity (Wildman–Crippen MR) is 285 cm³/mol. The Morgan fingerprint density at radius 2 is 0.614 bits per heavy atom. The van der Waals surface area contributed by atoms with Crippen LogP contribution in [0.3, 0.4) is 0 Å². The maximum absolute atomic E-state index is 14.7. The monoisotopic (exact) mass is 944 g/mol. The van der Waals surface area contributed by atoms with E-state index >= 15 is 0 Å². The summed E-state index contributed by atoms with van der Waals surface area (Å²) in [7, 11) is -2.45. The second-order valence-electron chi connectivity index (χ2n) is 19.7. The number of carbonyl (C=O) groups is 4. The SMILES string of the molecule is O=C1[C@@H]2[C@H](C(=O)N1c1cccc3c(-c4c(P(c5ccccc5)c5ccccc5)ccc5c(N6C(=O)[C@@H]7[C@H](C6=O)[C@@H]6C=C[C@H]7C6)cccc45)c(P(c4ccccc4)c4ccccc4)ccc13)[C@@H]1C=C[C@H]2C1. The van der Waals surface area contributed by atoms with Crippen molar-refractivity contribution in [2.24, 2.45) is 47.3 Å². The van der Waals surface area contributed by atoms with Gasteiger partial charge in [-0.1, -0.05) is 194 Å². The van der Waals surface area contributed by atoms with Crippen molar-refractivity contribution in [1.82, 2.24) is 0 Å². The summed E-state index contributed by atoms with van der Waals surface area (Å²) < 4.78 is 0. The molecule has 8 aromatic rings. The third-order valence-electron chi connectivity index (χ3n) is 16.2. The van der Waals surface area contributed by atoms with Crippen molar-refractivity contribution >= 4 is 104 Å². The molecule has 2 saturated heterocycles. The third-order valence-corrected chi connectivity index (χ3v) is 21.2. The van der Waals surface area contributed by atoms with Crippen LogP contribution in [0.2, 0.25) is 0 Å². The molecule has 2 saturated carbocycles. The van der Waals surface area contributed by atoms with E-state index in [9.17, 15) is 19.2 Å². The van der Waals surface area contributed by atoms with Gasteiger partial charge in [0.05, 0.1) is 35.0 Å². The first kappa shape index (κ1) is 41.8. The first-order valence-corrected chi connectivity index (χ1v) is 27.2. The van der Waals surface area contributed by atoms with Crippen LogP contribution in [0.1, 0.15) is 12.8 Å². The average molecular weight is 945 g/mol. The number of anilines is 2. The van der Waals surface area contributed by atoms with Crippen LogP contribution in [0, 0.1) is 47.3 Å². The zero-order chi connectivity index (χ0) is 46.8. The fourth-order valence-electron chi connectivity index (χ4n) is 13.4. The van der Waals surface area contributed by atoms with Crippen LogP contribution in [0.5, 0.6) is 0 Å². The van der Waals surface area contributed by atoms with Gasteiger partial charge in [-0.05, 0) is 118 Å². The highest BCUT2D eigenvalue weighted by Crippen LogP contribution is 2.56. The van der Waals surface area contributed by atoms with Gasteiger partial charge in [0.1, 0.15) is 0 Å². The Kier molecular flexibility index (Phi) is 9.71. The first-order valence-electron chi connectivity index (χ1n) is 24.5. The maximum atomic E-state index is 14.7. The summed E-state index contributed by atoms with van der Waals surface area (Å²) in [6, 6.07) is 63.9. The summed E-state index contributed by atoms with van der Waals surface area (Å²) in [4.78, 5) is 61.9. The molecule has 8 atom stereocenters. The first-order chi connectivity index (χ1) is 34.4. The van der Waals surface area contributed by atoms with E-state index in [0.29, 0.717) is 11.4 Å². The maximum Gasteiger partial charge on any atom is 0.238 e. The lowest BCUT2D eigenvalue weighted by Crippen LogP contribution is -2.33. The minimum absolute atomic E-state index is 0.0805. The molecule has 2 aliphatic heterocycles. The van der Waals surface area contributed by atoms with E-state index < -0.39 is 15.8 Å². The normalized spacial score (nSPS) is 24.9. The van der Waals surface area contributed by atoms with Crippen LogP contribution < -0.4 is 41.6 Å². The number of hydrogen-bond donors (Lipinski definition) is 0. The summed E-state index contributed by atoms with van der Waals surface area (Å²) in [5, 5.41) is 10.5. The zero-order valence-corrected chi connectivity index (χ0v) is 39.9. The van der Waals surface area contributed by atoms with Gasteiger partial charge in [0.2, 0.25) is 23.6 Å². The molecule has 70 heavy (non-hydrogen) atoms. The molecule has 338 valence electrons. The van der Waals surface area contributed by atoms with Crippen LogP contribution in [0.15, 0.2) is 206 Å². The minimum Gasteiger partial charge on any atom is -0.274 e. The van der Waals surface area contributed by atoms with Crippen molar-refractivity contribution in [2.45, 2.75) is 12.8 Å². The molecular weight excluding hydrogens is 899 g/mol. The lowest BCUT2D eigenvalue weighted by molar-refractivity contribution is -0.124. The highest BCUT2D eigenvalue weighted by atomic mass is 31.1. The second-order valence-corrected chi connectivity index (χ2v) is 24.1. The van der Waals surface area contributed by atoms with Gasteiger partial charge in [0, 0.05) is 10.8 Å². The van der Waals surface area contributed by atoms with Crippen LogP contribution in [-0.4, -0.2) is 23.6 Å². The van der Waals surface area contributed by atoms with Crippen molar-refractivity contribution in [3.63, 3.8) is 0 Å². The van der Waals surface area contributed by atoms with E-state index in [0.717, 1.165) is 56.1 Å². The topological polar surface area (TPSA) is 74.8 Å². The molecule has 0 N–H and O–H groups in total. The summed E-state index contributed by atoms with van der Waals surface area (Å²) in [5.41, 5.74) is 3.23. The van der Waals surface area contributed by atoms with Crippen molar-refractivity contribution in [2.75, 3.05) is 9.80 Å². The standard InChI is InChI=1S/C62H46N2O4P2/c65-59-53-37-27-28-38(35-37)54(53)60(66)63(59)49-25-13-23-47-45(49)31-33-51(69(41-15-5-1-6-16-41)42-17-7-2-8-18-42)57(47)58-48-24-14-26-50(64-61(67)55-39-29-30-40(36-39)56(55)62(64)68)46(48)32-34-52(58)70(43-19-9-3-10-20-43)44-21-11-4-12-22-44/h1-34,37-40,53-56H,35-36H2/t37-,38+,39-,40+,53-,54+,55-,56+. The van der Waals surface area contributed by atoms with Gasteiger partial charge >= 0.3 is 0 Å². The quantitative estimate of drug-likeness (QED) is 0.0821. The van der Waals surface area contributed by atoms with E-state index in [4.69, 9.17) is 0 Å². The van der Waals surface area contributed by atoms with Gasteiger partial charge in [-0.25, -0.2) is 9.80 Å². The smallest absolute Gasteiger partial charge is 0.238 e. The van der Waals surface area contributed by atoms with Crippen molar-refractivity contribution in [1.29, 1.82) is 0 Å². The van der Waals surface area contributed by atoms with Crippen molar-refractivity contribution in [3.05, 3.63) is 206 Å². The molecule has 8 heteroatoms. The third kappa shape index (κ3) is 6.12. The Morgan fingerprint density at radius 3 is 0.914 bits per heavy atom. The lowest BCUT2D eigenvalue weighted by Gasteiger charge is -2.30. The molecule has 4 amide bonds. The summed E-state index contributed by atoms with van der Waals surface area (Å²) in [6.07, 6.45) is 10.3. The van der Waals surface area contributed by atoms with E-state index in [1.165, 1.54) is 31.0 Å². The van der Waals surface area contributed by atoms with E-state index in [-0.39, 0.29) is 71.0 Å². The van der Waals surface area contributed by atoms with Crippen LogP contribution in [-0.2, 0) is 19.2 Å². The van der Waals surface area contributed by atoms with Gasteiger partial charge in [0.25, 0.3) is 0 Å². The number of hydrogen-bond acceptors (Lipinski definition) is 4. The molecule has 4 fully saturated rings. The Balaban J connectivity index is 1.09. The molecule has 14 rings (SSSR count). The minimum atomic E-state index is -1.22. The van der Waals surface area contributed by atoms with Gasteiger partial charge in [-0.2, -0.15) is 0 Å². The highest BCUT2D eigenvalue weighted by Gasteiger charge is 2.61. The molecule has 0 aromatic heterocycles. The molecule has 0 unspecified atom stereocenters. The fraction of sp³-hybridized carbons (Fsp3) is 0.161. The van der Waals surface area contributed by atoms with E-state index in [1.807, 2.05) is 24.3 Å². The fourth-order valence-corrected chi connectivity index (χ4v) is 18.3. The Morgan fingerprint density at radius 1 is 0.314 bits per heavy atom. The van der Waals surface area contributed by atoms with Crippen LogP contribution >= 0.6 is 15.8 Å². The Bertz CT molecular complexity index is 3190. The number of imide groups is 2. The number of carbonyl (C=O) groups excluding carboxylic acids is 4. The molecule has 8 aromatic carbocycles. The van der Waals surface area contributed by atoms with Gasteiger partial charge in [0.15, 0.2) is 0 Å². The number of allylic oxidation sites excluding steroid dienone is 4. The molecule has 2 heterocycles. The molecule has 0 spiro atoms. The number of benzene rings is 8. The molecule has 4 bridgehead atoms. The van der Waals surface area contributed by atoms with E-state index in [2.05, 4.69) is 182 Å². The largest absolute Gasteiger partial charge is 0.274 e. The number of fused-ring (bicyclic) bond motifs is 12. The van der Waals surface area contributed by atoms with Crippen LogP contribution in [0.4, 0.5) is 11.4 Å². The van der Waals surface area contributed by atoms with Gasteiger partial charge < -0.3 is 0 Å². The predicted octanol–water partition coefficient (Wildman–Crippen LogP) is 9.80. The molecule has 0 radical (unpaired) electrons.